The molecule has 0 bridgehead atoms. The van der Waals surface area contributed by atoms with Crippen LogP contribution in [0, 0.1) is 5.92 Å². The van der Waals surface area contributed by atoms with Gasteiger partial charge in [0.05, 0.1) is 10.6 Å². The monoisotopic (exact) mass is 266 g/mol. The number of carbonyl (C=O) groups is 1. The van der Waals surface area contributed by atoms with Crippen molar-refractivity contribution in [1.82, 2.24) is 4.98 Å². The lowest BCUT2D eigenvalue weighted by molar-refractivity contribution is 0.112. The first-order valence-electron chi connectivity index (χ1n) is 6.86. The van der Waals surface area contributed by atoms with Gasteiger partial charge in [-0.05, 0) is 24.7 Å². The van der Waals surface area contributed by atoms with E-state index in [0.717, 1.165) is 41.0 Å². The molecule has 2 heterocycles. The Morgan fingerprint density at radius 3 is 2.56 bits per heavy atom. The number of rotatable bonds is 4. The summed E-state index contributed by atoms with van der Waals surface area (Å²) in [5, 5.41) is 1.04. The Kier molecular flexibility index (Phi) is 4.38. The molecule has 1 fully saturated rings. The van der Waals surface area contributed by atoms with Gasteiger partial charge in [-0.1, -0.05) is 38.5 Å². The molecule has 1 aliphatic rings. The van der Waals surface area contributed by atoms with Crippen molar-refractivity contribution in [3.63, 3.8) is 0 Å². The quantitative estimate of drug-likeness (QED) is 0.779. The highest BCUT2D eigenvalue weighted by Crippen LogP contribution is 2.32. The van der Waals surface area contributed by atoms with Gasteiger partial charge in [-0.3, -0.25) is 4.79 Å². The van der Waals surface area contributed by atoms with Crippen LogP contribution in [0.4, 0.5) is 5.13 Å². The van der Waals surface area contributed by atoms with Crippen LogP contribution in [-0.4, -0.2) is 24.4 Å². The summed E-state index contributed by atoms with van der Waals surface area (Å²) in [6.45, 7) is 8.62. The Balaban J connectivity index is 2.12. The summed E-state index contributed by atoms with van der Waals surface area (Å²) < 4.78 is 0. The molecule has 0 amide bonds. The van der Waals surface area contributed by atoms with Crippen molar-refractivity contribution in [2.24, 2.45) is 5.92 Å². The maximum absolute atomic E-state index is 11.1. The molecule has 1 aromatic heterocycles. The third-order valence-corrected chi connectivity index (χ3v) is 4.84. The number of anilines is 1. The molecule has 18 heavy (non-hydrogen) atoms. The average Bonchev–Trinajstić information content (AvgIpc) is 2.83. The molecule has 1 aliphatic heterocycles. The van der Waals surface area contributed by atoms with Crippen LogP contribution in [0.25, 0.3) is 0 Å². The topological polar surface area (TPSA) is 33.2 Å². The molecule has 0 N–H and O–H groups in total. The fourth-order valence-electron chi connectivity index (χ4n) is 2.50. The lowest BCUT2D eigenvalue weighted by Crippen LogP contribution is -2.33. The number of hydrogen-bond acceptors (Lipinski definition) is 4. The number of piperidine rings is 1. The molecule has 0 aliphatic carbocycles. The predicted octanol–water partition coefficient (Wildman–Crippen LogP) is 3.71. The Bertz CT molecular complexity index is 406. The third-order valence-electron chi connectivity index (χ3n) is 3.79. The van der Waals surface area contributed by atoms with Crippen molar-refractivity contribution in [3.8, 4) is 0 Å². The highest BCUT2D eigenvalue weighted by Gasteiger charge is 2.22. The number of aldehydes is 1. The highest BCUT2D eigenvalue weighted by atomic mass is 32.1. The minimum atomic E-state index is 0.323. The number of nitrogens with zero attached hydrogens (tertiary/aromatic N) is 2. The standard InChI is InChI=1S/C14H22N2OS/c1-4-11-5-7-16(8-6-11)14-15-13(10(2)3)12(9-17)18-14/h9-11H,4-8H2,1-3H3. The zero-order valence-corrected chi connectivity index (χ0v) is 12.3. The van der Waals surface area contributed by atoms with Gasteiger partial charge in [-0.2, -0.15) is 0 Å². The fourth-order valence-corrected chi connectivity index (χ4v) is 3.58. The molecule has 3 nitrogen and oxygen atoms in total. The van der Waals surface area contributed by atoms with Gasteiger partial charge in [-0.15, -0.1) is 0 Å². The van der Waals surface area contributed by atoms with Gasteiger partial charge in [0.15, 0.2) is 11.4 Å². The van der Waals surface area contributed by atoms with Gasteiger partial charge in [-0.25, -0.2) is 4.98 Å². The summed E-state index contributed by atoms with van der Waals surface area (Å²) in [7, 11) is 0. The van der Waals surface area contributed by atoms with E-state index in [1.807, 2.05) is 0 Å². The first-order chi connectivity index (χ1) is 8.65. The molecule has 1 saturated heterocycles. The summed E-state index contributed by atoms with van der Waals surface area (Å²) >= 11 is 1.55. The normalized spacial score (nSPS) is 17.4. The molecule has 0 spiro atoms. The van der Waals surface area contributed by atoms with Crippen LogP contribution in [0.5, 0.6) is 0 Å². The largest absolute Gasteiger partial charge is 0.348 e. The van der Waals surface area contributed by atoms with E-state index in [-0.39, 0.29) is 0 Å². The molecule has 100 valence electrons. The molecule has 4 heteroatoms. The van der Waals surface area contributed by atoms with Gasteiger partial charge >= 0.3 is 0 Å². The second-order valence-electron chi connectivity index (χ2n) is 5.36. The Morgan fingerprint density at radius 1 is 1.44 bits per heavy atom. The van der Waals surface area contributed by atoms with E-state index in [4.69, 9.17) is 0 Å². The molecule has 2 rings (SSSR count). The van der Waals surface area contributed by atoms with Crippen LogP contribution in [0.1, 0.15) is 61.3 Å². The van der Waals surface area contributed by atoms with Crippen LogP contribution in [-0.2, 0) is 0 Å². The van der Waals surface area contributed by atoms with Crippen molar-refractivity contribution in [2.45, 2.75) is 46.0 Å². The lowest BCUT2D eigenvalue weighted by atomic mass is 9.95. The highest BCUT2D eigenvalue weighted by molar-refractivity contribution is 7.17. The molecular weight excluding hydrogens is 244 g/mol. The Labute approximate surface area is 113 Å². The van der Waals surface area contributed by atoms with Crippen LogP contribution in [0.2, 0.25) is 0 Å². The molecule has 0 radical (unpaired) electrons. The van der Waals surface area contributed by atoms with Crippen LogP contribution >= 0.6 is 11.3 Å². The smallest absolute Gasteiger partial charge is 0.186 e. The molecule has 0 aromatic carbocycles. The number of hydrogen-bond donors (Lipinski definition) is 0. The lowest BCUT2D eigenvalue weighted by Gasteiger charge is -2.31. The zero-order valence-electron chi connectivity index (χ0n) is 11.5. The zero-order chi connectivity index (χ0) is 13.1. The summed E-state index contributed by atoms with van der Waals surface area (Å²) in [6.07, 6.45) is 4.74. The predicted molar refractivity (Wildman–Crippen MR) is 76.8 cm³/mol. The van der Waals surface area contributed by atoms with E-state index >= 15 is 0 Å². The summed E-state index contributed by atoms with van der Waals surface area (Å²) in [5.41, 5.74) is 0.961. The second kappa shape index (κ2) is 5.83. The van der Waals surface area contributed by atoms with E-state index < -0.39 is 0 Å². The minimum absolute atomic E-state index is 0.323. The van der Waals surface area contributed by atoms with Crippen molar-refractivity contribution in [3.05, 3.63) is 10.6 Å². The number of aromatic nitrogens is 1. The molecule has 0 unspecified atom stereocenters. The summed E-state index contributed by atoms with van der Waals surface area (Å²) in [4.78, 5) is 18.9. The van der Waals surface area contributed by atoms with Gasteiger partial charge in [0.1, 0.15) is 0 Å². The van der Waals surface area contributed by atoms with Crippen molar-refractivity contribution >= 4 is 22.8 Å². The van der Waals surface area contributed by atoms with Crippen LogP contribution in [0.3, 0.4) is 0 Å². The first-order valence-corrected chi connectivity index (χ1v) is 7.68. The minimum Gasteiger partial charge on any atom is -0.348 e. The van der Waals surface area contributed by atoms with E-state index in [1.54, 1.807) is 11.3 Å². The summed E-state index contributed by atoms with van der Waals surface area (Å²) in [6, 6.07) is 0. The maximum atomic E-state index is 11.1. The summed E-state index contributed by atoms with van der Waals surface area (Å²) in [5.74, 6) is 1.19. The average molecular weight is 266 g/mol. The Morgan fingerprint density at radius 2 is 2.11 bits per heavy atom. The maximum Gasteiger partial charge on any atom is 0.186 e. The second-order valence-corrected chi connectivity index (χ2v) is 6.37. The van der Waals surface area contributed by atoms with Gasteiger partial charge in [0, 0.05) is 13.1 Å². The van der Waals surface area contributed by atoms with Crippen LogP contribution < -0.4 is 4.90 Å². The van der Waals surface area contributed by atoms with Crippen LogP contribution in [0.15, 0.2) is 0 Å². The SMILES string of the molecule is CCC1CCN(c2nc(C(C)C)c(C=O)s2)CC1. The fraction of sp³-hybridized carbons (Fsp3) is 0.714. The van der Waals surface area contributed by atoms with Gasteiger partial charge in [0.25, 0.3) is 0 Å². The number of carbonyl (C=O) groups excluding carboxylic acids is 1. The molecule has 0 atom stereocenters. The molecular formula is C14H22N2OS. The molecule has 1 aromatic rings. The molecule has 0 saturated carbocycles. The van der Waals surface area contributed by atoms with Crippen molar-refractivity contribution in [1.29, 1.82) is 0 Å². The van der Waals surface area contributed by atoms with E-state index in [0.29, 0.717) is 5.92 Å². The van der Waals surface area contributed by atoms with E-state index in [1.165, 1.54) is 19.3 Å². The van der Waals surface area contributed by atoms with Crippen molar-refractivity contribution in [2.75, 3.05) is 18.0 Å². The third kappa shape index (κ3) is 2.74. The van der Waals surface area contributed by atoms with E-state index in [9.17, 15) is 4.79 Å². The number of thiazole rings is 1. The van der Waals surface area contributed by atoms with Crippen molar-refractivity contribution < 1.29 is 4.79 Å². The first kappa shape index (κ1) is 13.5. The van der Waals surface area contributed by atoms with Gasteiger partial charge in [0.2, 0.25) is 0 Å². The Hall–Kier alpha value is -0.900. The van der Waals surface area contributed by atoms with E-state index in [2.05, 4.69) is 30.7 Å². The van der Waals surface area contributed by atoms with Gasteiger partial charge < -0.3 is 4.90 Å².